The van der Waals surface area contributed by atoms with Crippen molar-refractivity contribution in [2.45, 2.75) is 6.42 Å². The van der Waals surface area contributed by atoms with Gasteiger partial charge in [0, 0.05) is 24.9 Å². The molecule has 2 heterocycles. The largest absolute Gasteiger partial charge is 0.497 e. The number of hydrogen-bond donors (Lipinski definition) is 1. The van der Waals surface area contributed by atoms with Crippen molar-refractivity contribution < 1.29 is 14.3 Å². The number of amidine groups is 1. The van der Waals surface area contributed by atoms with E-state index in [-0.39, 0.29) is 11.8 Å². The van der Waals surface area contributed by atoms with Gasteiger partial charge in [-0.2, -0.15) is 0 Å². The van der Waals surface area contributed by atoms with E-state index in [2.05, 4.69) is 10.3 Å². The summed E-state index contributed by atoms with van der Waals surface area (Å²) < 4.78 is 5.07. The van der Waals surface area contributed by atoms with E-state index >= 15 is 0 Å². The van der Waals surface area contributed by atoms with Crippen molar-refractivity contribution in [2.75, 3.05) is 25.5 Å². The Morgan fingerprint density at radius 1 is 1.36 bits per heavy atom. The van der Waals surface area contributed by atoms with E-state index in [9.17, 15) is 9.59 Å². The Labute approximate surface area is 132 Å². The first-order valence-electron chi connectivity index (χ1n) is 6.88. The molecule has 6 nitrogen and oxygen atoms in total. The lowest BCUT2D eigenvalue weighted by atomic mass is 10.3. The molecule has 1 aromatic carbocycles. The van der Waals surface area contributed by atoms with Crippen LogP contribution in [0.25, 0.3) is 0 Å². The molecule has 0 unspecified atom stereocenters. The number of carbonyl (C=O) groups is 2. The standard InChI is InChI=1S/C15H15N3O3S/c1-21-11-5-3-10(4-6-11)17-14(20)12-9-13(19)18-8-2-7-16-15(18)22-12/h3-6,9H,2,7-8H2,1H3,(H,17,20). The molecular formula is C15H15N3O3S. The number of aliphatic imine (C=N–C) groups is 1. The average molecular weight is 317 g/mol. The van der Waals surface area contributed by atoms with Crippen LogP contribution < -0.4 is 10.1 Å². The number of ether oxygens (including phenoxy) is 1. The fraction of sp³-hybridized carbons (Fsp3) is 0.267. The lowest BCUT2D eigenvalue weighted by molar-refractivity contribution is -0.123. The normalized spacial score (nSPS) is 17.3. The fourth-order valence-corrected chi connectivity index (χ4v) is 3.12. The summed E-state index contributed by atoms with van der Waals surface area (Å²) in [6.45, 7) is 1.36. The first kappa shape index (κ1) is 14.6. The van der Waals surface area contributed by atoms with Gasteiger partial charge in [0.1, 0.15) is 5.75 Å². The third-order valence-electron chi connectivity index (χ3n) is 3.31. The molecule has 0 bridgehead atoms. The molecule has 0 radical (unpaired) electrons. The van der Waals surface area contributed by atoms with E-state index in [1.165, 1.54) is 17.8 Å². The van der Waals surface area contributed by atoms with E-state index in [1.807, 2.05) is 0 Å². The van der Waals surface area contributed by atoms with Crippen LogP contribution >= 0.6 is 11.8 Å². The van der Waals surface area contributed by atoms with Crippen molar-refractivity contribution in [1.29, 1.82) is 0 Å². The van der Waals surface area contributed by atoms with E-state index in [0.29, 0.717) is 34.6 Å². The van der Waals surface area contributed by atoms with E-state index < -0.39 is 0 Å². The summed E-state index contributed by atoms with van der Waals surface area (Å²) in [5.41, 5.74) is 0.646. The van der Waals surface area contributed by atoms with Crippen molar-refractivity contribution >= 4 is 34.4 Å². The van der Waals surface area contributed by atoms with E-state index in [0.717, 1.165) is 6.42 Å². The zero-order valence-corrected chi connectivity index (χ0v) is 12.9. The number of hydrogen-bond acceptors (Lipinski definition) is 5. The second-order valence-electron chi connectivity index (χ2n) is 4.80. The van der Waals surface area contributed by atoms with Gasteiger partial charge in [-0.1, -0.05) is 0 Å². The van der Waals surface area contributed by atoms with Gasteiger partial charge in [0.25, 0.3) is 11.8 Å². The van der Waals surface area contributed by atoms with Crippen molar-refractivity contribution in [2.24, 2.45) is 4.99 Å². The maximum absolute atomic E-state index is 12.3. The Kier molecular flexibility index (Phi) is 4.15. The first-order chi connectivity index (χ1) is 10.7. The molecule has 0 fully saturated rings. The van der Waals surface area contributed by atoms with Gasteiger partial charge in [0.2, 0.25) is 0 Å². The van der Waals surface area contributed by atoms with Crippen LogP contribution in [0.1, 0.15) is 6.42 Å². The predicted octanol–water partition coefficient (Wildman–Crippen LogP) is 1.85. The van der Waals surface area contributed by atoms with Crippen LogP contribution in [0.4, 0.5) is 5.69 Å². The van der Waals surface area contributed by atoms with Crippen LogP contribution in [0.3, 0.4) is 0 Å². The van der Waals surface area contributed by atoms with Crippen molar-refractivity contribution in [3.05, 3.63) is 35.2 Å². The Hall–Kier alpha value is -2.28. The summed E-state index contributed by atoms with van der Waals surface area (Å²) in [7, 11) is 1.58. The summed E-state index contributed by atoms with van der Waals surface area (Å²) >= 11 is 1.23. The molecule has 1 aromatic rings. The highest BCUT2D eigenvalue weighted by molar-refractivity contribution is 8.18. The smallest absolute Gasteiger partial charge is 0.262 e. The van der Waals surface area contributed by atoms with Crippen LogP contribution in [0, 0.1) is 0 Å². The molecule has 2 amide bonds. The van der Waals surface area contributed by atoms with Gasteiger partial charge >= 0.3 is 0 Å². The number of carbonyl (C=O) groups excluding carboxylic acids is 2. The summed E-state index contributed by atoms with van der Waals surface area (Å²) in [5.74, 6) is 0.222. The highest BCUT2D eigenvalue weighted by atomic mass is 32.2. The SMILES string of the molecule is COc1ccc(NC(=O)C2=CC(=O)N3CCCN=C3S2)cc1. The van der Waals surface area contributed by atoms with Crippen LogP contribution in [-0.2, 0) is 9.59 Å². The molecule has 0 saturated heterocycles. The van der Waals surface area contributed by atoms with Crippen molar-refractivity contribution in [3.63, 3.8) is 0 Å². The molecule has 114 valence electrons. The Morgan fingerprint density at radius 3 is 2.86 bits per heavy atom. The number of thioether (sulfide) groups is 1. The number of nitrogens with one attached hydrogen (secondary N) is 1. The molecule has 0 atom stereocenters. The average Bonchev–Trinajstić information content (AvgIpc) is 2.55. The summed E-state index contributed by atoms with van der Waals surface area (Å²) in [4.78, 5) is 30.6. The third-order valence-corrected chi connectivity index (χ3v) is 4.37. The molecule has 1 N–H and O–H groups in total. The van der Waals surface area contributed by atoms with Crippen LogP contribution in [-0.4, -0.2) is 42.1 Å². The lowest BCUT2D eigenvalue weighted by Crippen LogP contribution is -2.41. The second kappa shape index (κ2) is 6.23. The minimum atomic E-state index is -0.309. The minimum absolute atomic E-state index is 0.183. The van der Waals surface area contributed by atoms with Crippen LogP contribution in [0.2, 0.25) is 0 Å². The number of benzene rings is 1. The summed E-state index contributed by atoms with van der Waals surface area (Å²) in [6, 6.07) is 7.01. The fourth-order valence-electron chi connectivity index (χ4n) is 2.17. The Morgan fingerprint density at radius 2 is 2.14 bits per heavy atom. The molecule has 2 aliphatic rings. The van der Waals surface area contributed by atoms with Crippen molar-refractivity contribution in [1.82, 2.24) is 4.90 Å². The highest BCUT2D eigenvalue weighted by Crippen LogP contribution is 2.28. The summed E-state index contributed by atoms with van der Waals surface area (Å²) in [6.07, 6.45) is 2.23. The number of rotatable bonds is 3. The van der Waals surface area contributed by atoms with Gasteiger partial charge in [-0.25, -0.2) is 0 Å². The molecular weight excluding hydrogens is 302 g/mol. The molecule has 7 heteroatoms. The Balaban J connectivity index is 1.73. The maximum atomic E-state index is 12.3. The Bertz CT molecular complexity index is 667. The van der Waals surface area contributed by atoms with Gasteiger partial charge in [-0.3, -0.25) is 19.5 Å². The van der Waals surface area contributed by atoms with Gasteiger partial charge in [0.15, 0.2) is 5.17 Å². The van der Waals surface area contributed by atoms with Crippen LogP contribution in [0.5, 0.6) is 5.75 Å². The van der Waals surface area contributed by atoms with Gasteiger partial charge < -0.3 is 10.1 Å². The number of nitrogens with zero attached hydrogens (tertiary/aromatic N) is 2. The molecule has 2 aliphatic heterocycles. The summed E-state index contributed by atoms with van der Waals surface area (Å²) in [5, 5.41) is 3.38. The van der Waals surface area contributed by atoms with Crippen molar-refractivity contribution in [3.8, 4) is 5.75 Å². The molecule has 22 heavy (non-hydrogen) atoms. The molecule has 3 rings (SSSR count). The molecule has 0 aromatic heterocycles. The predicted molar refractivity (Wildman–Crippen MR) is 85.9 cm³/mol. The lowest BCUT2D eigenvalue weighted by Gasteiger charge is -2.29. The second-order valence-corrected chi connectivity index (χ2v) is 5.81. The number of anilines is 1. The molecule has 0 aliphatic carbocycles. The van der Waals surface area contributed by atoms with Crippen LogP contribution in [0.15, 0.2) is 40.2 Å². The zero-order valence-electron chi connectivity index (χ0n) is 12.0. The van der Waals surface area contributed by atoms with Gasteiger partial charge in [-0.15, -0.1) is 0 Å². The van der Waals surface area contributed by atoms with Gasteiger partial charge in [0.05, 0.1) is 12.0 Å². The third kappa shape index (κ3) is 2.99. The number of methoxy groups -OCH3 is 1. The number of amides is 2. The zero-order chi connectivity index (χ0) is 15.5. The molecule has 0 saturated carbocycles. The quantitative estimate of drug-likeness (QED) is 0.923. The first-order valence-corrected chi connectivity index (χ1v) is 7.70. The number of fused-ring (bicyclic) bond motifs is 1. The monoisotopic (exact) mass is 317 g/mol. The van der Waals surface area contributed by atoms with E-state index in [4.69, 9.17) is 4.74 Å². The maximum Gasteiger partial charge on any atom is 0.262 e. The van der Waals surface area contributed by atoms with Gasteiger partial charge in [-0.05, 0) is 42.4 Å². The topological polar surface area (TPSA) is 71.0 Å². The minimum Gasteiger partial charge on any atom is -0.497 e. The molecule has 0 spiro atoms. The van der Waals surface area contributed by atoms with E-state index in [1.54, 1.807) is 36.3 Å². The highest BCUT2D eigenvalue weighted by Gasteiger charge is 2.30.